The van der Waals surface area contributed by atoms with Crippen LogP contribution in [-0.4, -0.2) is 74.1 Å². The zero-order valence-electron chi connectivity index (χ0n) is 11.6. The summed E-state index contributed by atoms with van der Waals surface area (Å²) >= 11 is 0. The van der Waals surface area contributed by atoms with Crippen LogP contribution in [0, 0.1) is 0 Å². The van der Waals surface area contributed by atoms with Crippen LogP contribution in [0.2, 0.25) is 0 Å². The van der Waals surface area contributed by atoms with Crippen LogP contribution >= 0.6 is 0 Å². The second-order valence-electron chi connectivity index (χ2n) is 4.46. The molecular weight excluding hydrogens is 360 g/mol. The molecule has 0 amide bonds. The standard InChI is InChI=1S/C10H12O13S/c11-5(12)1-4(24(20,21)22)8(17)23-10(9(18)19,2-6(13)14)3-7(15)16/h4H,1-3H2,(H,11,12)(H,13,14)(H,15,16)(H,18,19)(H,20,21,22). The van der Waals surface area contributed by atoms with Gasteiger partial charge in [0.1, 0.15) is 0 Å². The Labute approximate surface area is 133 Å². The average molecular weight is 372 g/mol. The van der Waals surface area contributed by atoms with E-state index in [2.05, 4.69) is 4.74 Å². The lowest BCUT2D eigenvalue weighted by atomic mass is 9.95. The predicted molar refractivity (Wildman–Crippen MR) is 68.6 cm³/mol. The first kappa shape index (κ1) is 21.3. The number of rotatable bonds is 10. The molecule has 0 aromatic carbocycles. The van der Waals surface area contributed by atoms with Crippen LogP contribution in [0.5, 0.6) is 0 Å². The molecule has 0 fully saturated rings. The smallest absolute Gasteiger partial charge is 0.349 e. The monoisotopic (exact) mass is 372 g/mol. The van der Waals surface area contributed by atoms with Crippen molar-refractivity contribution in [2.75, 3.05) is 0 Å². The van der Waals surface area contributed by atoms with Crippen LogP contribution in [0.3, 0.4) is 0 Å². The van der Waals surface area contributed by atoms with Crippen molar-refractivity contribution in [3.8, 4) is 0 Å². The van der Waals surface area contributed by atoms with Gasteiger partial charge in [0.25, 0.3) is 10.1 Å². The van der Waals surface area contributed by atoms with E-state index >= 15 is 0 Å². The highest BCUT2D eigenvalue weighted by molar-refractivity contribution is 7.87. The normalized spacial score (nSPS) is 12.9. The molecule has 0 heterocycles. The average Bonchev–Trinajstić information content (AvgIpc) is 2.31. The van der Waals surface area contributed by atoms with Gasteiger partial charge in [-0.25, -0.2) is 4.79 Å². The summed E-state index contributed by atoms with van der Waals surface area (Å²) in [6.45, 7) is 0. The molecule has 13 nitrogen and oxygen atoms in total. The summed E-state index contributed by atoms with van der Waals surface area (Å²) in [7, 11) is -5.36. The maximum Gasteiger partial charge on any atom is 0.349 e. The van der Waals surface area contributed by atoms with Crippen LogP contribution in [0.25, 0.3) is 0 Å². The van der Waals surface area contributed by atoms with Crippen molar-refractivity contribution in [1.29, 1.82) is 0 Å². The Hall–Kier alpha value is -2.74. The molecule has 1 unspecified atom stereocenters. The molecule has 5 N–H and O–H groups in total. The number of hydrogen-bond donors (Lipinski definition) is 5. The number of aliphatic carboxylic acids is 4. The second kappa shape index (κ2) is 7.69. The molecule has 0 radical (unpaired) electrons. The largest absolute Gasteiger partial charge is 0.481 e. The van der Waals surface area contributed by atoms with E-state index in [1.54, 1.807) is 0 Å². The fraction of sp³-hybridized carbons (Fsp3) is 0.500. The molecule has 0 aliphatic carbocycles. The molecule has 0 rings (SSSR count). The predicted octanol–water partition coefficient (Wildman–Crippen LogP) is -1.97. The van der Waals surface area contributed by atoms with Gasteiger partial charge >= 0.3 is 29.8 Å². The number of esters is 1. The van der Waals surface area contributed by atoms with Crippen LogP contribution in [0.4, 0.5) is 0 Å². The van der Waals surface area contributed by atoms with Gasteiger partial charge in [0.2, 0.25) is 5.60 Å². The van der Waals surface area contributed by atoms with E-state index < -0.39 is 70.1 Å². The maximum absolute atomic E-state index is 11.7. The third kappa shape index (κ3) is 6.17. The number of carboxylic acid groups (broad SMARTS) is 4. The van der Waals surface area contributed by atoms with E-state index in [4.69, 9.17) is 25.0 Å². The summed E-state index contributed by atoms with van der Waals surface area (Å²) in [5, 5.41) is 32.1. The van der Waals surface area contributed by atoms with Crippen LogP contribution in [0.1, 0.15) is 19.3 Å². The molecule has 24 heavy (non-hydrogen) atoms. The number of carbonyl (C=O) groups excluding carboxylic acids is 1. The SMILES string of the molecule is O=C(O)CC(C(=O)OC(CC(=O)O)(CC(=O)O)C(=O)O)S(=O)(=O)O. The van der Waals surface area contributed by atoms with Gasteiger partial charge in [-0.3, -0.25) is 23.7 Å². The molecule has 0 saturated heterocycles. The van der Waals surface area contributed by atoms with Crippen molar-refractivity contribution < 1.29 is 62.1 Å². The van der Waals surface area contributed by atoms with E-state index in [0.29, 0.717) is 0 Å². The Kier molecular flexibility index (Phi) is 6.81. The quantitative estimate of drug-likeness (QED) is 0.207. The van der Waals surface area contributed by atoms with Gasteiger partial charge in [0, 0.05) is 0 Å². The highest BCUT2D eigenvalue weighted by Gasteiger charge is 2.49. The lowest BCUT2D eigenvalue weighted by molar-refractivity contribution is -0.186. The molecule has 0 bridgehead atoms. The van der Waals surface area contributed by atoms with Gasteiger partial charge in [0.15, 0.2) is 5.25 Å². The van der Waals surface area contributed by atoms with E-state index in [0.717, 1.165) is 0 Å². The summed E-state index contributed by atoms with van der Waals surface area (Å²) in [4.78, 5) is 54.9. The van der Waals surface area contributed by atoms with E-state index in [9.17, 15) is 32.4 Å². The summed E-state index contributed by atoms with van der Waals surface area (Å²) in [6.07, 6.45) is -4.62. The van der Waals surface area contributed by atoms with Gasteiger partial charge in [0.05, 0.1) is 19.3 Å². The molecule has 0 aliphatic rings. The molecule has 0 saturated carbocycles. The molecule has 0 aromatic heterocycles. The van der Waals surface area contributed by atoms with Crippen LogP contribution in [0.15, 0.2) is 0 Å². The van der Waals surface area contributed by atoms with Gasteiger partial charge < -0.3 is 25.2 Å². The molecule has 0 aliphatic heterocycles. The summed E-state index contributed by atoms with van der Waals surface area (Å²) in [5.41, 5.74) is -3.20. The topological polar surface area (TPSA) is 230 Å². The van der Waals surface area contributed by atoms with E-state index in [-0.39, 0.29) is 0 Å². The Morgan fingerprint density at radius 1 is 0.875 bits per heavy atom. The second-order valence-corrected chi connectivity index (χ2v) is 6.06. The van der Waals surface area contributed by atoms with Crippen molar-refractivity contribution in [1.82, 2.24) is 0 Å². The van der Waals surface area contributed by atoms with Crippen molar-refractivity contribution in [2.24, 2.45) is 0 Å². The minimum absolute atomic E-state index is 1.52. The molecule has 136 valence electrons. The van der Waals surface area contributed by atoms with E-state index in [1.807, 2.05) is 0 Å². The summed E-state index contributed by atoms with van der Waals surface area (Å²) in [6, 6.07) is 0. The maximum atomic E-state index is 11.7. The van der Waals surface area contributed by atoms with Crippen LogP contribution in [-0.2, 0) is 38.8 Å². The highest BCUT2D eigenvalue weighted by Crippen LogP contribution is 2.24. The van der Waals surface area contributed by atoms with Crippen molar-refractivity contribution >= 4 is 40.0 Å². The minimum Gasteiger partial charge on any atom is -0.481 e. The molecular formula is C10H12O13S. The number of hydrogen-bond acceptors (Lipinski definition) is 8. The zero-order valence-corrected chi connectivity index (χ0v) is 12.4. The first-order chi connectivity index (χ1) is 10.7. The molecule has 0 spiro atoms. The number of carboxylic acids is 4. The van der Waals surface area contributed by atoms with Crippen LogP contribution < -0.4 is 0 Å². The third-order valence-electron chi connectivity index (χ3n) is 2.54. The Bertz CT molecular complexity index is 644. The Morgan fingerprint density at radius 3 is 1.54 bits per heavy atom. The minimum atomic E-state index is -5.36. The first-order valence-electron chi connectivity index (χ1n) is 5.79. The Morgan fingerprint density at radius 2 is 1.29 bits per heavy atom. The lowest BCUT2D eigenvalue weighted by Gasteiger charge is -2.27. The fourth-order valence-electron chi connectivity index (χ4n) is 1.55. The Balaban J connectivity index is 5.86. The van der Waals surface area contributed by atoms with Gasteiger partial charge in [-0.15, -0.1) is 0 Å². The van der Waals surface area contributed by atoms with E-state index in [1.165, 1.54) is 0 Å². The van der Waals surface area contributed by atoms with Crippen molar-refractivity contribution in [2.45, 2.75) is 30.1 Å². The molecule has 1 atom stereocenters. The fourth-order valence-corrected chi connectivity index (χ4v) is 2.19. The van der Waals surface area contributed by atoms with Crippen molar-refractivity contribution in [3.63, 3.8) is 0 Å². The third-order valence-corrected chi connectivity index (χ3v) is 3.62. The lowest BCUT2D eigenvalue weighted by Crippen LogP contribution is -2.49. The van der Waals surface area contributed by atoms with Gasteiger partial charge in [-0.2, -0.15) is 8.42 Å². The number of carbonyl (C=O) groups is 5. The number of ether oxygens (including phenoxy) is 1. The highest BCUT2D eigenvalue weighted by atomic mass is 32.2. The van der Waals surface area contributed by atoms with Crippen molar-refractivity contribution in [3.05, 3.63) is 0 Å². The van der Waals surface area contributed by atoms with Gasteiger partial charge in [-0.1, -0.05) is 0 Å². The molecule has 0 aromatic rings. The van der Waals surface area contributed by atoms with Gasteiger partial charge in [-0.05, 0) is 0 Å². The summed E-state index contributed by atoms with van der Waals surface area (Å²) < 4.78 is 35.1. The summed E-state index contributed by atoms with van der Waals surface area (Å²) in [5.74, 6) is -10.0. The zero-order chi connectivity index (χ0) is 19.3. The molecule has 14 heteroatoms. The first-order valence-corrected chi connectivity index (χ1v) is 7.29.